The Bertz CT molecular complexity index is 724. The van der Waals surface area contributed by atoms with Gasteiger partial charge in [-0.1, -0.05) is 24.3 Å². The summed E-state index contributed by atoms with van der Waals surface area (Å²) >= 11 is 0. The highest BCUT2D eigenvalue weighted by molar-refractivity contribution is 5.99. The van der Waals surface area contributed by atoms with E-state index in [4.69, 9.17) is 5.11 Å². The Morgan fingerprint density at radius 2 is 1.73 bits per heavy atom. The van der Waals surface area contributed by atoms with Crippen LogP contribution in [0, 0.1) is 10.1 Å². The molecule has 0 spiro atoms. The van der Waals surface area contributed by atoms with Gasteiger partial charge in [-0.15, -0.1) is 0 Å². The third-order valence-corrected chi connectivity index (χ3v) is 2.97. The summed E-state index contributed by atoms with van der Waals surface area (Å²) in [6.45, 7) is 0. The minimum absolute atomic E-state index is 0.542. The highest BCUT2D eigenvalue weighted by atomic mass is 19.4. The van der Waals surface area contributed by atoms with E-state index in [0.717, 1.165) is 36.4 Å². The van der Waals surface area contributed by atoms with E-state index in [1.54, 1.807) is 0 Å². The molecule has 1 N–H and O–H groups in total. The van der Waals surface area contributed by atoms with Gasteiger partial charge in [0.2, 0.25) is 0 Å². The number of nitrogens with zero attached hydrogens (tertiary/aromatic N) is 1. The first-order chi connectivity index (χ1) is 10.2. The minimum atomic E-state index is -4.77. The van der Waals surface area contributed by atoms with Crippen LogP contribution in [-0.4, -0.2) is 16.0 Å². The van der Waals surface area contributed by atoms with Crippen LogP contribution in [0.2, 0.25) is 0 Å². The van der Waals surface area contributed by atoms with Gasteiger partial charge in [-0.2, -0.15) is 13.2 Å². The van der Waals surface area contributed by atoms with Crippen LogP contribution in [0.1, 0.15) is 15.9 Å². The number of hydrogen-bond donors (Lipinski definition) is 1. The summed E-state index contributed by atoms with van der Waals surface area (Å²) in [5.41, 5.74) is -3.50. The maximum atomic E-state index is 13.1. The van der Waals surface area contributed by atoms with E-state index in [2.05, 4.69) is 0 Å². The van der Waals surface area contributed by atoms with Crippen molar-refractivity contribution >= 4 is 11.7 Å². The number of carboxylic acid groups (broad SMARTS) is 1. The molecule has 0 aromatic heterocycles. The second kappa shape index (κ2) is 5.47. The van der Waals surface area contributed by atoms with Gasteiger partial charge in [-0.3, -0.25) is 10.1 Å². The van der Waals surface area contributed by atoms with E-state index < -0.39 is 45.0 Å². The average molecular weight is 311 g/mol. The summed E-state index contributed by atoms with van der Waals surface area (Å²) in [5.74, 6) is -1.55. The van der Waals surface area contributed by atoms with Gasteiger partial charge in [0.05, 0.1) is 21.6 Å². The summed E-state index contributed by atoms with van der Waals surface area (Å²) in [4.78, 5) is 21.4. The standard InChI is InChI=1S/C14H8F3NO4/c15-14(16,17)10-6-2-1-4-8(10)12-9(13(19)20)5-3-7-11(12)18(21)22/h1-7H,(H,19,20). The monoisotopic (exact) mass is 311 g/mol. The zero-order valence-corrected chi connectivity index (χ0v) is 10.8. The highest BCUT2D eigenvalue weighted by Gasteiger charge is 2.36. The van der Waals surface area contributed by atoms with Gasteiger partial charge >= 0.3 is 12.1 Å². The molecule has 2 rings (SSSR count). The molecule has 0 aliphatic rings. The zero-order chi connectivity index (χ0) is 16.5. The van der Waals surface area contributed by atoms with Gasteiger partial charge in [0.25, 0.3) is 5.69 Å². The predicted molar refractivity (Wildman–Crippen MR) is 70.5 cm³/mol. The Labute approximate surface area is 121 Å². The summed E-state index contributed by atoms with van der Waals surface area (Å²) in [6.07, 6.45) is -4.77. The van der Waals surface area contributed by atoms with Crippen LogP contribution in [0.15, 0.2) is 42.5 Å². The Morgan fingerprint density at radius 3 is 2.27 bits per heavy atom. The van der Waals surface area contributed by atoms with Crippen molar-refractivity contribution in [2.45, 2.75) is 6.18 Å². The van der Waals surface area contributed by atoms with Crippen LogP contribution < -0.4 is 0 Å². The first-order valence-electron chi connectivity index (χ1n) is 5.90. The molecule has 0 aliphatic carbocycles. The lowest BCUT2D eigenvalue weighted by Crippen LogP contribution is -2.10. The minimum Gasteiger partial charge on any atom is -0.478 e. The lowest BCUT2D eigenvalue weighted by Gasteiger charge is -2.14. The number of hydrogen-bond acceptors (Lipinski definition) is 3. The topological polar surface area (TPSA) is 80.4 Å². The molecular formula is C14H8F3NO4. The largest absolute Gasteiger partial charge is 0.478 e. The van der Waals surface area contributed by atoms with Crippen LogP contribution in [0.3, 0.4) is 0 Å². The molecule has 0 aliphatic heterocycles. The second-order valence-corrected chi connectivity index (χ2v) is 4.31. The molecule has 0 heterocycles. The Kier molecular flexibility index (Phi) is 3.85. The molecule has 0 saturated heterocycles. The van der Waals surface area contributed by atoms with E-state index in [-0.39, 0.29) is 0 Å². The van der Waals surface area contributed by atoms with Gasteiger partial charge < -0.3 is 5.11 Å². The molecule has 0 amide bonds. The van der Waals surface area contributed by atoms with Crippen LogP contribution in [0.5, 0.6) is 0 Å². The van der Waals surface area contributed by atoms with Crippen molar-refractivity contribution < 1.29 is 28.0 Å². The number of rotatable bonds is 3. The van der Waals surface area contributed by atoms with E-state index in [0.29, 0.717) is 0 Å². The van der Waals surface area contributed by atoms with Crippen LogP contribution >= 0.6 is 0 Å². The third-order valence-electron chi connectivity index (χ3n) is 2.97. The number of benzene rings is 2. The Morgan fingerprint density at radius 1 is 1.09 bits per heavy atom. The van der Waals surface area contributed by atoms with Gasteiger partial charge in [-0.25, -0.2) is 4.79 Å². The molecule has 22 heavy (non-hydrogen) atoms. The number of carboxylic acids is 1. The van der Waals surface area contributed by atoms with E-state index in [9.17, 15) is 28.1 Å². The van der Waals surface area contributed by atoms with Crippen molar-refractivity contribution in [3.8, 4) is 11.1 Å². The lowest BCUT2D eigenvalue weighted by molar-refractivity contribution is -0.384. The van der Waals surface area contributed by atoms with Crippen LogP contribution in [-0.2, 0) is 6.18 Å². The molecular weight excluding hydrogens is 303 g/mol. The van der Waals surface area contributed by atoms with Crippen LogP contribution in [0.25, 0.3) is 11.1 Å². The van der Waals surface area contributed by atoms with Crippen molar-refractivity contribution in [3.63, 3.8) is 0 Å². The molecule has 0 fully saturated rings. The fraction of sp³-hybridized carbons (Fsp3) is 0.0714. The number of aromatic carboxylic acids is 1. The molecule has 0 saturated carbocycles. The predicted octanol–water partition coefficient (Wildman–Crippen LogP) is 3.98. The van der Waals surface area contributed by atoms with E-state index in [1.165, 1.54) is 6.07 Å². The number of nitro benzene ring substituents is 1. The van der Waals surface area contributed by atoms with Gasteiger partial charge in [0.1, 0.15) is 0 Å². The highest BCUT2D eigenvalue weighted by Crippen LogP contribution is 2.41. The molecule has 5 nitrogen and oxygen atoms in total. The first kappa shape index (κ1) is 15.5. The maximum absolute atomic E-state index is 13.1. The van der Waals surface area contributed by atoms with E-state index >= 15 is 0 Å². The molecule has 2 aromatic carbocycles. The smallest absolute Gasteiger partial charge is 0.417 e. The molecule has 2 aromatic rings. The summed E-state index contributed by atoms with van der Waals surface area (Å²) in [5, 5.41) is 20.2. The fourth-order valence-electron chi connectivity index (χ4n) is 2.10. The molecule has 0 atom stereocenters. The molecule has 8 heteroatoms. The van der Waals surface area contributed by atoms with Crippen molar-refractivity contribution in [2.24, 2.45) is 0 Å². The molecule has 114 valence electrons. The first-order valence-corrected chi connectivity index (χ1v) is 5.90. The number of halogens is 3. The number of nitro groups is 1. The van der Waals surface area contributed by atoms with Crippen molar-refractivity contribution in [3.05, 3.63) is 63.7 Å². The third kappa shape index (κ3) is 2.76. The van der Waals surface area contributed by atoms with E-state index in [1.807, 2.05) is 0 Å². The average Bonchev–Trinajstić information content (AvgIpc) is 2.45. The molecule has 0 bridgehead atoms. The van der Waals surface area contributed by atoms with Crippen LogP contribution in [0.4, 0.5) is 18.9 Å². The molecule has 0 radical (unpaired) electrons. The van der Waals surface area contributed by atoms with Gasteiger partial charge in [0.15, 0.2) is 0 Å². The normalized spacial score (nSPS) is 11.2. The molecule has 0 unspecified atom stereocenters. The van der Waals surface area contributed by atoms with Gasteiger partial charge in [-0.05, 0) is 12.1 Å². The SMILES string of the molecule is O=C(O)c1cccc([N+](=O)[O-])c1-c1ccccc1C(F)(F)F. The lowest BCUT2D eigenvalue weighted by atomic mass is 9.93. The summed E-state index contributed by atoms with van der Waals surface area (Å²) in [7, 11) is 0. The van der Waals surface area contributed by atoms with Crippen molar-refractivity contribution in [1.29, 1.82) is 0 Å². The second-order valence-electron chi connectivity index (χ2n) is 4.31. The summed E-state index contributed by atoms with van der Waals surface area (Å²) in [6, 6.07) is 7.25. The zero-order valence-electron chi connectivity index (χ0n) is 10.8. The number of alkyl halides is 3. The van der Waals surface area contributed by atoms with Crippen molar-refractivity contribution in [2.75, 3.05) is 0 Å². The fourth-order valence-corrected chi connectivity index (χ4v) is 2.10. The maximum Gasteiger partial charge on any atom is 0.417 e. The Balaban J connectivity index is 2.89. The summed E-state index contributed by atoms with van der Waals surface area (Å²) < 4.78 is 39.2. The Hall–Kier alpha value is -2.90. The quantitative estimate of drug-likeness (QED) is 0.686. The number of carbonyl (C=O) groups is 1. The van der Waals surface area contributed by atoms with Gasteiger partial charge in [0, 0.05) is 11.6 Å². The van der Waals surface area contributed by atoms with Crippen molar-refractivity contribution in [1.82, 2.24) is 0 Å².